The van der Waals surface area contributed by atoms with Gasteiger partial charge in [-0.15, -0.1) is 0 Å². The van der Waals surface area contributed by atoms with Gasteiger partial charge in [0.2, 0.25) is 0 Å². The van der Waals surface area contributed by atoms with Crippen LogP contribution in [0.25, 0.3) is 0 Å². The van der Waals surface area contributed by atoms with Gasteiger partial charge in [0.15, 0.2) is 0 Å². The highest BCUT2D eigenvalue weighted by atomic mass is 15.5. The summed E-state index contributed by atoms with van der Waals surface area (Å²) in [5, 5.41) is 13.3. The molecule has 0 spiro atoms. The topological polar surface area (TPSA) is 51.8 Å². The van der Waals surface area contributed by atoms with Crippen molar-refractivity contribution >= 4 is 0 Å². The number of nitrogens with zero attached hydrogens (tertiary/aromatic N) is 6. The van der Waals surface area contributed by atoms with Crippen molar-refractivity contribution in [1.82, 2.24) is 29.7 Å². The molecular weight excluding hydrogens is 252 g/mol. The summed E-state index contributed by atoms with van der Waals surface area (Å²) in [6.45, 7) is 5.99. The van der Waals surface area contributed by atoms with Gasteiger partial charge in [0.1, 0.15) is 0 Å². The first-order chi connectivity index (χ1) is 9.74. The first-order valence-corrected chi connectivity index (χ1v) is 7.35. The second-order valence-electron chi connectivity index (χ2n) is 5.51. The molecule has 2 aromatic rings. The van der Waals surface area contributed by atoms with Crippen molar-refractivity contribution in [2.75, 3.05) is 13.1 Å². The van der Waals surface area contributed by atoms with E-state index >= 15 is 0 Å². The minimum absolute atomic E-state index is 0.547. The van der Waals surface area contributed by atoms with Gasteiger partial charge in [0.05, 0.1) is 24.1 Å². The van der Waals surface area contributed by atoms with Crippen molar-refractivity contribution in [3.63, 3.8) is 0 Å². The van der Waals surface area contributed by atoms with E-state index in [1.54, 1.807) is 4.80 Å². The number of rotatable bonds is 4. The van der Waals surface area contributed by atoms with Gasteiger partial charge in [0.25, 0.3) is 0 Å². The summed E-state index contributed by atoms with van der Waals surface area (Å²) in [6, 6.07) is 2.14. The zero-order chi connectivity index (χ0) is 13.9. The molecule has 3 heterocycles. The molecule has 0 saturated carbocycles. The highest BCUT2D eigenvalue weighted by molar-refractivity contribution is 5.08. The number of hydrogen-bond acceptors (Lipinski definition) is 4. The predicted molar refractivity (Wildman–Crippen MR) is 76.2 cm³/mol. The first-order valence-electron chi connectivity index (χ1n) is 7.35. The zero-order valence-electron chi connectivity index (χ0n) is 12.2. The Kier molecular flexibility index (Phi) is 3.82. The molecule has 6 nitrogen and oxygen atoms in total. The molecule has 1 atom stereocenters. The van der Waals surface area contributed by atoms with Crippen LogP contribution < -0.4 is 0 Å². The van der Waals surface area contributed by atoms with Crippen LogP contribution in [-0.4, -0.2) is 42.8 Å². The molecule has 6 heteroatoms. The summed E-state index contributed by atoms with van der Waals surface area (Å²) in [5.74, 6) is 0.547. The van der Waals surface area contributed by atoms with Crippen molar-refractivity contribution in [3.05, 3.63) is 29.8 Å². The number of piperidine rings is 1. The summed E-state index contributed by atoms with van der Waals surface area (Å²) >= 11 is 0. The number of aromatic nitrogens is 5. The summed E-state index contributed by atoms with van der Waals surface area (Å²) in [4.78, 5) is 4.21. The third kappa shape index (κ3) is 2.90. The molecular formula is C14H22N6. The van der Waals surface area contributed by atoms with Gasteiger partial charge in [-0.3, -0.25) is 9.58 Å². The van der Waals surface area contributed by atoms with Crippen LogP contribution in [0.2, 0.25) is 0 Å². The average molecular weight is 274 g/mol. The first kappa shape index (κ1) is 13.3. The van der Waals surface area contributed by atoms with Crippen LogP contribution in [0, 0.1) is 0 Å². The van der Waals surface area contributed by atoms with Crippen LogP contribution in [0.5, 0.6) is 0 Å². The fraction of sp³-hybridized carbons (Fsp3) is 0.643. The smallest absolute Gasteiger partial charge is 0.0967 e. The van der Waals surface area contributed by atoms with Crippen LogP contribution in [0.1, 0.15) is 37.1 Å². The third-order valence-corrected chi connectivity index (χ3v) is 3.91. The molecule has 0 N–H and O–H groups in total. The molecule has 20 heavy (non-hydrogen) atoms. The maximum atomic E-state index is 4.55. The molecule has 0 aromatic carbocycles. The highest BCUT2D eigenvalue weighted by Crippen LogP contribution is 2.26. The molecule has 0 amide bonds. The Balaban J connectivity index is 1.63. The Hall–Kier alpha value is -1.69. The quantitative estimate of drug-likeness (QED) is 0.846. The van der Waals surface area contributed by atoms with E-state index in [0.717, 1.165) is 31.9 Å². The zero-order valence-corrected chi connectivity index (χ0v) is 12.2. The Morgan fingerprint density at radius 3 is 2.95 bits per heavy atom. The van der Waals surface area contributed by atoms with E-state index in [1.807, 2.05) is 24.1 Å². The monoisotopic (exact) mass is 274 g/mol. The minimum atomic E-state index is 0.547. The molecule has 108 valence electrons. The van der Waals surface area contributed by atoms with Gasteiger partial charge in [-0.1, -0.05) is 0 Å². The fourth-order valence-corrected chi connectivity index (χ4v) is 2.88. The number of hydrogen-bond donors (Lipinski definition) is 0. The Labute approximate surface area is 119 Å². The summed E-state index contributed by atoms with van der Waals surface area (Å²) in [6.07, 6.45) is 6.37. The number of likely N-dealkylation sites (tertiary alicyclic amines) is 1. The lowest BCUT2D eigenvalue weighted by Gasteiger charge is -2.31. The van der Waals surface area contributed by atoms with Gasteiger partial charge in [-0.25, -0.2) is 0 Å². The van der Waals surface area contributed by atoms with Crippen LogP contribution in [0.4, 0.5) is 0 Å². The SMILES string of the molecule is CCn1ncc(CN2CCCC(c3ccn(C)n3)C2)n1. The second kappa shape index (κ2) is 5.75. The van der Waals surface area contributed by atoms with E-state index in [-0.39, 0.29) is 0 Å². The van der Waals surface area contributed by atoms with E-state index in [0.29, 0.717) is 5.92 Å². The van der Waals surface area contributed by atoms with E-state index < -0.39 is 0 Å². The van der Waals surface area contributed by atoms with Crippen molar-refractivity contribution in [3.8, 4) is 0 Å². The van der Waals surface area contributed by atoms with Crippen molar-refractivity contribution in [2.45, 2.75) is 38.8 Å². The van der Waals surface area contributed by atoms with Crippen molar-refractivity contribution in [2.24, 2.45) is 7.05 Å². The molecule has 1 aliphatic heterocycles. The lowest BCUT2D eigenvalue weighted by molar-refractivity contribution is 0.195. The highest BCUT2D eigenvalue weighted by Gasteiger charge is 2.23. The summed E-state index contributed by atoms with van der Waals surface area (Å²) < 4.78 is 1.89. The summed E-state index contributed by atoms with van der Waals surface area (Å²) in [5.41, 5.74) is 2.28. The molecule has 2 aromatic heterocycles. The predicted octanol–water partition coefficient (Wildman–Crippen LogP) is 1.41. The maximum Gasteiger partial charge on any atom is 0.0967 e. The summed E-state index contributed by atoms with van der Waals surface area (Å²) in [7, 11) is 1.98. The molecule has 1 aliphatic rings. The Morgan fingerprint density at radius 1 is 1.35 bits per heavy atom. The average Bonchev–Trinajstić information content (AvgIpc) is 3.08. The van der Waals surface area contributed by atoms with E-state index in [2.05, 4.69) is 33.2 Å². The lowest BCUT2D eigenvalue weighted by Crippen LogP contribution is -2.34. The van der Waals surface area contributed by atoms with Crippen LogP contribution in [0.15, 0.2) is 18.5 Å². The molecule has 1 fully saturated rings. The van der Waals surface area contributed by atoms with Gasteiger partial charge < -0.3 is 0 Å². The maximum absolute atomic E-state index is 4.55. The lowest BCUT2D eigenvalue weighted by atomic mass is 9.95. The Bertz CT molecular complexity index is 558. The minimum Gasteiger partial charge on any atom is -0.297 e. The van der Waals surface area contributed by atoms with Crippen molar-refractivity contribution in [1.29, 1.82) is 0 Å². The molecule has 0 radical (unpaired) electrons. The molecule has 0 bridgehead atoms. The largest absolute Gasteiger partial charge is 0.297 e. The van der Waals surface area contributed by atoms with Gasteiger partial charge in [-0.2, -0.15) is 20.1 Å². The van der Waals surface area contributed by atoms with Gasteiger partial charge in [0, 0.05) is 32.3 Å². The van der Waals surface area contributed by atoms with Crippen LogP contribution >= 0.6 is 0 Å². The van der Waals surface area contributed by atoms with E-state index in [4.69, 9.17) is 0 Å². The molecule has 1 saturated heterocycles. The van der Waals surface area contributed by atoms with Gasteiger partial charge in [-0.05, 0) is 32.4 Å². The second-order valence-corrected chi connectivity index (χ2v) is 5.51. The fourth-order valence-electron chi connectivity index (χ4n) is 2.88. The van der Waals surface area contributed by atoms with Gasteiger partial charge >= 0.3 is 0 Å². The van der Waals surface area contributed by atoms with Crippen LogP contribution in [-0.2, 0) is 20.1 Å². The number of aryl methyl sites for hydroxylation is 2. The van der Waals surface area contributed by atoms with Crippen LogP contribution in [0.3, 0.4) is 0 Å². The van der Waals surface area contributed by atoms with Crippen molar-refractivity contribution < 1.29 is 0 Å². The molecule has 1 unspecified atom stereocenters. The van der Waals surface area contributed by atoms with E-state index in [9.17, 15) is 0 Å². The van der Waals surface area contributed by atoms with E-state index in [1.165, 1.54) is 18.5 Å². The normalized spacial score (nSPS) is 20.4. The molecule has 3 rings (SSSR count). The standard InChI is InChI=1S/C14H22N6/c1-3-20-15-9-13(16-20)11-19-7-4-5-12(10-19)14-6-8-18(2)17-14/h6,8-9,12H,3-5,7,10-11H2,1-2H3. The molecule has 0 aliphatic carbocycles. The Morgan fingerprint density at radius 2 is 2.25 bits per heavy atom. The third-order valence-electron chi connectivity index (χ3n) is 3.91.